The first-order valence-electron chi connectivity index (χ1n) is 12.1. The van der Waals surface area contributed by atoms with Crippen molar-refractivity contribution in [3.8, 4) is 11.4 Å². The van der Waals surface area contributed by atoms with Gasteiger partial charge in [0.25, 0.3) is 5.82 Å². The molecule has 0 amide bonds. The number of aryl methyl sites for hydroxylation is 1. The van der Waals surface area contributed by atoms with Crippen molar-refractivity contribution < 1.29 is 21.7 Å². The Kier molecular flexibility index (Phi) is 15.5. The molecule has 0 aliphatic heterocycles. The number of halogens is 1. The normalized spacial score (nSPS) is 10.9. The fraction of sp³-hybridized carbons (Fsp3) is 0.654. The molecule has 3 nitrogen and oxygen atoms in total. The maximum atomic E-state index is 5.98. The third kappa shape index (κ3) is 10.1. The lowest BCUT2D eigenvalue weighted by atomic mass is 10.1. The molecule has 0 saturated heterocycles. The van der Waals surface area contributed by atoms with Crippen LogP contribution >= 0.6 is 0 Å². The molecule has 2 rings (SSSR count). The van der Waals surface area contributed by atoms with Crippen LogP contribution in [0.1, 0.15) is 90.9 Å². The van der Waals surface area contributed by atoms with Gasteiger partial charge in [-0.25, -0.2) is 9.13 Å². The Bertz CT molecular complexity index is 642. The highest BCUT2D eigenvalue weighted by Gasteiger charge is 2.17. The Labute approximate surface area is 191 Å². The summed E-state index contributed by atoms with van der Waals surface area (Å²) in [6.45, 7) is 6.93. The molecule has 0 N–H and O–H groups in total. The van der Waals surface area contributed by atoms with Gasteiger partial charge in [-0.2, -0.15) is 0 Å². The number of unbranched alkanes of at least 4 members (excludes halogenated alkanes) is 11. The lowest BCUT2D eigenvalue weighted by Gasteiger charge is -2.06. The zero-order valence-electron chi connectivity index (χ0n) is 19.3. The highest BCUT2D eigenvalue weighted by molar-refractivity contribution is 5.52. The van der Waals surface area contributed by atoms with Crippen molar-refractivity contribution in [2.45, 2.75) is 104 Å². The van der Waals surface area contributed by atoms with Gasteiger partial charge in [0, 0.05) is 0 Å². The van der Waals surface area contributed by atoms with Gasteiger partial charge in [-0.15, -0.1) is 0 Å². The van der Waals surface area contributed by atoms with E-state index in [0.717, 1.165) is 13.2 Å². The highest BCUT2D eigenvalue weighted by Crippen LogP contribution is 2.16. The molecule has 0 saturated carbocycles. The van der Waals surface area contributed by atoms with Gasteiger partial charge in [-0.1, -0.05) is 95.8 Å². The van der Waals surface area contributed by atoms with Crippen LogP contribution in [0, 0.1) is 0 Å². The monoisotopic (exact) mass is 434 g/mol. The van der Waals surface area contributed by atoms with Crippen molar-refractivity contribution >= 4 is 0 Å². The molecular weight excluding hydrogens is 392 g/mol. The Morgan fingerprint density at radius 1 is 0.767 bits per heavy atom. The zero-order valence-corrected chi connectivity index (χ0v) is 20.1. The Morgan fingerprint density at radius 3 is 1.90 bits per heavy atom. The molecule has 1 aromatic carbocycles. The summed E-state index contributed by atoms with van der Waals surface area (Å²) < 4.78 is 10.5. The Balaban J connectivity index is 0.00000450. The average molecular weight is 435 g/mol. The predicted molar refractivity (Wildman–Crippen MR) is 123 cm³/mol. The van der Waals surface area contributed by atoms with E-state index in [-0.39, 0.29) is 12.4 Å². The first kappa shape index (κ1) is 26.7. The second-order valence-electron chi connectivity index (χ2n) is 8.17. The summed E-state index contributed by atoms with van der Waals surface area (Å²) in [4.78, 5) is 0. The molecule has 0 bridgehead atoms. The van der Waals surface area contributed by atoms with Crippen molar-refractivity contribution in [2.75, 3.05) is 6.61 Å². The molecule has 0 aliphatic carbocycles. The summed E-state index contributed by atoms with van der Waals surface area (Å²) in [6, 6.07) is 10.6. The lowest BCUT2D eigenvalue weighted by molar-refractivity contribution is -0.722. The van der Waals surface area contributed by atoms with E-state index in [1.807, 2.05) is 0 Å². The van der Waals surface area contributed by atoms with Gasteiger partial charge in [0.15, 0.2) is 6.73 Å². The van der Waals surface area contributed by atoms with Crippen LogP contribution in [0.15, 0.2) is 42.7 Å². The summed E-state index contributed by atoms with van der Waals surface area (Å²) in [5.41, 5.74) is 1.24. The molecule has 30 heavy (non-hydrogen) atoms. The van der Waals surface area contributed by atoms with Crippen LogP contribution in [0.4, 0.5) is 0 Å². The minimum atomic E-state index is 0. The first-order chi connectivity index (χ1) is 14.4. The van der Waals surface area contributed by atoms with E-state index < -0.39 is 0 Å². The van der Waals surface area contributed by atoms with Gasteiger partial charge in [0.05, 0.1) is 18.7 Å². The minimum Gasteiger partial charge on any atom is -1.00 e. The van der Waals surface area contributed by atoms with Crippen LogP contribution in [0.3, 0.4) is 0 Å². The lowest BCUT2D eigenvalue weighted by Crippen LogP contribution is -3.00. The minimum absolute atomic E-state index is 0. The van der Waals surface area contributed by atoms with Gasteiger partial charge < -0.3 is 17.1 Å². The smallest absolute Gasteiger partial charge is 0.290 e. The third-order valence-electron chi connectivity index (χ3n) is 5.72. The van der Waals surface area contributed by atoms with Crippen molar-refractivity contribution in [3.63, 3.8) is 0 Å². The number of ether oxygens (including phenoxy) is 1. The molecule has 0 aliphatic rings. The van der Waals surface area contributed by atoms with Gasteiger partial charge in [-0.3, -0.25) is 0 Å². The molecule has 0 fully saturated rings. The van der Waals surface area contributed by atoms with Gasteiger partial charge in [0.1, 0.15) is 12.4 Å². The van der Waals surface area contributed by atoms with Crippen LogP contribution in [0.2, 0.25) is 0 Å². The van der Waals surface area contributed by atoms with E-state index >= 15 is 0 Å². The number of benzene rings is 1. The van der Waals surface area contributed by atoms with Crippen molar-refractivity contribution in [1.29, 1.82) is 0 Å². The third-order valence-corrected chi connectivity index (χ3v) is 5.72. The number of aromatic nitrogens is 2. The molecular formula is C26H43ClN2O. The molecule has 0 spiro atoms. The number of nitrogens with zero attached hydrogens (tertiary/aromatic N) is 2. The predicted octanol–water partition coefficient (Wildman–Crippen LogP) is 4.14. The molecule has 4 heteroatoms. The van der Waals surface area contributed by atoms with Crippen LogP contribution in [0.25, 0.3) is 11.4 Å². The van der Waals surface area contributed by atoms with Crippen LogP contribution < -0.4 is 17.0 Å². The van der Waals surface area contributed by atoms with Crippen molar-refractivity contribution in [2.24, 2.45) is 0 Å². The SMILES string of the molecule is CCCCCCCCCCCCCCOC[n+]1ccn(CC)c1-c1ccccc1.[Cl-]. The molecule has 0 radical (unpaired) electrons. The van der Waals surface area contributed by atoms with Crippen LogP contribution in [-0.2, 0) is 18.0 Å². The second kappa shape index (κ2) is 17.4. The van der Waals surface area contributed by atoms with Gasteiger partial charge in [-0.05, 0) is 25.5 Å². The number of hydrogen-bond donors (Lipinski definition) is 0. The fourth-order valence-electron chi connectivity index (χ4n) is 3.95. The van der Waals surface area contributed by atoms with Crippen LogP contribution in [0.5, 0.6) is 0 Å². The van der Waals surface area contributed by atoms with Gasteiger partial charge in [0.2, 0.25) is 0 Å². The summed E-state index contributed by atoms with van der Waals surface area (Å²) in [5.74, 6) is 1.22. The van der Waals surface area contributed by atoms with Crippen LogP contribution in [-0.4, -0.2) is 11.2 Å². The summed E-state index contributed by atoms with van der Waals surface area (Å²) >= 11 is 0. The molecule has 2 aromatic rings. The maximum Gasteiger partial charge on any atom is 0.290 e. The van der Waals surface area contributed by atoms with E-state index in [0.29, 0.717) is 6.73 Å². The largest absolute Gasteiger partial charge is 1.00 e. The molecule has 1 heterocycles. The van der Waals surface area contributed by atoms with E-state index in [4.69, 9.17) is 4.74 Å². The topological polar surface area (TPSA) is 18.0 Å². The van der Waals surface area contributed by atoms with E-state index in [2.05, 4.69) is 65.7 Å². The maximum absolute atomic E-state index is 5.98. The molecule has 1 aromatic heterocycles. The number of imidazole rings is 1. The van der Waals surface area contributed by atoms with E-state index in [1.54, 1.807) is 0 Å². The standard InChI is InChI=1S/C26H43N2O.ClH/c1-3-5-6-7-8-9-10-11-12-13-14-18-23-29-24-28-22-21-27(4-2)26(28)25-19-16-15-17-20-25;/h15-17,19-22H,3-14,18,23-24H2,1-2H3;1H/q+1;/p-1. The summed E-state index contributed by atoms with van der Waals surface area (Å²) in [5, 5.41) is 0. The summed E-state index contributed by atoms with van der Waals surface area (Å²) in [7, 11) is 0. The molecule has 0 atom stereocenters. The average Bonchev–Trinajstić information content (AvgIpc) is 3.17. The fourth-order valence-corrected chi connectivity index (χ4v) is 3.95. The van der Waals surface area contributed by atoms with E-state index in [1.165, 1.54) is 88.4 Å². The Morgan fingerprint density at radius 2 is 1.33 bits per heavy atom. The quantitative estimate of drug-likeness (QED) is 0.270. The van der Waals surface area contributed by atoms with Crippen molar-refractivity contribution in [1.82, 2.24) is 4.57 Å². The van der Waals surface area contributed by atoms with Crippen molar-refractivity contribution in [3.05, 3.63) is 42.7 Å². The second-order valence-corrected chi connectivity index (χ2v) is 8.17. The highest BCUT2D eigenvalue weighted by atomic mass is 35.5. The molecule has 170 valence electrons. The first-order valence-corrected chi connectivity index (χ1v) is 12.1. The van der Waals surface area contributed by atoms with E-state index in [9.17, 15) is 0 Å². The Hall–Kier alpha value is -1.32. The summed E-state index contributed by atoms with van der Waals surface area (Å²) in [6.07, 6.45) is 20.9. The van der Waals surface area contributed by atoms with Gasteiger partial charge >= 0.3 is 0 Å². The number of hydrogen-bond acceptors (Lipinski definition) is 1. The molecule has 0 unspecified atom stereocenters. The number of rotatable bonds is 17. The zero-order chi connectivity index (χ0) is 20.6.